The van der Waals surface area contributed by atoms with Crippen LogP contribution in [-0.4, -0.2) is 24.0 Å². The predicted molar refractivity (Wildman–Crippen MR) is 72.5 cm³/mol. The van der Waals surface area contributed by atoms with E-state index in [9.17, 15) is 4.79 Å². The number of carbonyl (C=O) groups excluding carboxylic acids is 1. The minimum Gasteiger partial charge on any atom is -0.382 e. The average Bonchev–Trinajstić information content (AvgIpc) is 2.58. The molecule has 0 aliphatic rings. The van der Waals surface area contributed by atoms with Gasteiger partial charge in [-0.2, -0.15) is 0 Å². The van der Waals surface area contributed by atoms with Crippen LogP contribution in [0.1, 0.15) is 37.4 Å². The Morgan fingerprint density at radius 1 is 1.47 bits per heavy atom. The number of rotatable bonds is 3. The zero-order chi connectivity index (χ0) is 13.2. The van der Waals surface area contributed by atoms with Crippen molar-refractivity contribution in [1.82, 2.24) is 10.3 Å². The molecule has 96 valence electrons. The molecule has 1 rings (SSSR count). The molecule has 4 N–H and O–H groups in total. The Balaban J connectivity index is 2.80. The number of nitrogens with two attached hydrogens (primary N) is 1. The maximum absolute atomic E-state index is 12.0. The lowest BCUT2D eigenvalue weighted by Gasteiger charge is -2.27. The first-order valence-corrected chi connectivity index (χ1v) is 6.32. The molecule has 0 saturated heterocycles. The fourth-order valence-electron chi connectivity index (χ4n) is 1.08. The summed E-state index contributed by atoms with van der Waals surface area (Å²) >= 11 is 1.26. The number of anilines is 2. The van der Waals surface area contributed by atoms with Crippen molar-refractivity contribution < 1.29 is 4.79 Å². The van der Waals surface area contributed by atoms with Gasteiger partial charge in [0.25, 0.3) is 5.91 Å². The van der Waals surface area contributed by atoms with Crippen LogP contribution in [0.15, 0.2) is 0 Å². The normalized spacial score (nSPS) is 13.2. The number of thiazole rings is 1. The fourth-order valence-corrected chi connectivity index (χ4v) is 1.82. The Bertz CT molecular complexity index is 408. The van der Waals surface area contributed by atoms with E-state index in [1.54, 1.807) is 7.05 Å². The summed E-state index contributed by atoms with van der Waals surface area (Å²) < 4.78 is 0. The van der Waals surface area contributed by atoms with E-state index in [2.05, 4.69) is 36.4 Å². The average molecular weight is 256 g/mol. The van der Waals surface area contributed by atoms with Crippen LogP contribution >= 0.6 is 11.3 Å². The van der Waals surface area contributed by atoms with Crippen LogP contribution in [-0.2, 0) is 0 Å². The minimum absolute atomic E-state index is 0.0148. The summed E-state index contributed by atoms with van der Waals surface area (Å²) in [7, 11) is 1.75. The molecule has 17 heavy (non-hydrogen) atoms. The molecule has 0 spiro atoms. The van der Waals surface area contributed by atoms with Gasteiger partial charge in [0.15, 0.2) is 5.13 Å². The molecule has 0 aliphatic carbocycles. The molecule has 1 unspecified atom stereocenters. The first kappa shape index (κ1) is 13.8. The molecular formula is C11H20N4OS. The lowest BCUT2D eigenvalue weighted by atomic mass is 9.88. The Morgan fingerprint density at radius 2 is 2.06 bits per heavy atom. The first-order valence-electron chi connectivity index (χ1n) is 5.50. The second-order valence-corrected chi connectivity index (χ2v) is 6.04. The second-order valence-electron chi connectivity index (χ2n) is 5.04. The van der Waals surface area contributed by atoms with Crippen molar-refractivity contribution in [2.45, 2.75) is 33.7 Å². The smallest absolute Gasteiger partial charge is 0.265 e. The molecule has 1 atom stereocenters. The van der Waals surface area contributed by atoms with Crippen LogP contribution < -0.4 is 16.4 Å². The van der Waals surface area contributed by atoms with E-state index in [1.165, 1.54) is 11.3 Å². The molecule has 1 heterocycles. The van der Waals surface area contributed by atoms with Gasteiger partial charge < -0.3 is 16.4 Å². The van der Waals surface area contributed by atoms with Crippen LogP contribution in [0.3, 0.4) is 0 Å². The third kappa shape index (κ3) is 3.33. The quantitative estimate of drug-likeness (QED) is 0.772. The highest BCUT2D eigenvalue weighted by molar-refractivity contribution is 7.18. The minimum atomic E-state index is -0.163. The SMILES string of the molecule is CNc1nc(N)c(C(=O)NC(C)C(C)(C)C)s1. The van der Waals surface area contributed by atoms with Crippen LogP contribution in [0.2, 0.25) is 0 Å². The number of aromatic nitrogens is 1. The zero-order valence-electron chi connectivity index (χ0n) is 10.9. The van der Waals surface area contributed by atoms with Gasteiger partial charge in [0.2, 0.25) is 0 Å². The van der Waals surface area contributed by atoms with Crippen LogP contribution in [0.5, 0.6) is 0 Å². The summed E-state index contributed by atoms with van der Waals surface area (Å²) in [6, 6.07) is 0.0644. The summed E-state index contributed by atoms with van der Waals surface area (Å²) in [6.45, 7) is 8.21. The molecule has 1 amide bonds. The highest BCUT2D eigenvalue weighted by Crippen LogP contribution is 2.25. The Labute approximate surface area is 106 Å². The first-order chi connectivity index (χ1) is 7.75. The summed E-state index contributed by atoms with van der Waals surface area (Å²) in [5, 5.41) is 6.46. The number of nitrogens with one attached hydrogen (secondary N) is 2. The Kier molecular flexibility index (Phi) is 3.98. The van der Waals surface area contributed by atoms with Gasteiger partial charge in [-0.25, -0.2) is 4.98 Å². The zero-order valence-corrected chi connectivity index (χ0v) is 11.7. The topological polar surface area (TPSA) is 80.0 Å². The lowest BCUT2D eigenvalue weighted by Crippen LogP contribution is -2.41. The largest absolute Gasteiger partial charge is 0.382 e. The number of hydrogen-bond acceptors (Lipinski definition) is 5. The van der Waals surface area contributed by atoms with Crippen molar-refractivity contribution in [3.05, 3.63) is 4.88 Å². The van der Waals surface area contributed by atoms with E-state index in [-0.39, 0.29) is 23.2 Å². The third-order valence-electron chi connectivity index (χ3n) is 2.72. The standard InChI is InChI=1S/C11H20N4OS/c1-6(11(2,3)4)14-9(16)7-8(12)15-10(13-5)17-7/h6H,12H2,1-5H3,(H,13,15)(H,14,16). The lowest BCUT2D eigenvalue weighted by molar-refractivity contribution is 0.0915. The highest BCUT2D eigenvalue weighted by Gasteiger charge is 2.24. The van der Waals surface area contributed by atoms with Crippen LogP contribution in [0.25, 0.3) is 0 Å². The van der Waals surface area contributed by atoms with Gasteiger partial charge in [-0.05, 0) is 12.3 Å². The van der Waals surface area contributed by atoms with E-state index < -0.39 is 0 Å². The Morgan fingerprint density at radius 3 is 2.47 bits per heavy atom. The summed E-state index contributed by atoms with van der Waals surface area (Å²) in [6.07, 6.45) is 0. The van der Waals surface area contributed by atoms with E-state index in [0.29, 0.717) is 10.0 Å². The maximum atomic E-state index is 12.0. The van der Waals surface area contributed by atoms with Crippen LogP contribution in [0.4, 0.5) is 10.9 Å². The molecule has 0 saturated carbocycles. The molecule has 1 aromatic rings. The van der Waals surface area contributed by atoms with Crippen molar-refractivity contribution in [3.8, 4) is 0 Å². The van der Waals surface area contributed by atoms with Gasteiger partial charge >= 0.3 is 0 Å². The Hall–Kier alpha value is -1.30. The van der Waals surface area contributed by atoms with Crippen molar-refractivity contribution in [1.29, 1.82) is 0 Å². The molecule has 5 nitrogen and oxygen atoms in total. The van der Waals surface area contributed by atoms with E-state index in [4.69, 9.17) is 5.73 Å². The molecule has 6 heteroatoms. The van der Waals surface area contributed by atoms with E-state index >= 15 is 0 Å². The second kappa shape index (κ2) is 4.91. The van der Waals surface area contributed by atoms with Gasteiger partial charge in [-0.15, -0.1) is 0 Å². The number of hydrogen-bond donors (Lipinski definition) is 3. The van der Waals surface area contributed by atoms with E-state index in [0.717, 1.165) is 0 Å². The summed E-state index contributed by atoms with van der Waals surface area (Å²) in [5.74, 6) is 0.113. The number of carbonyl (C=O) groups is 1. The molecule has 0 aromatic carbocycles. The monoisotopic (exact) mass is 256 g/mol. The summed E-state index contributed by atoms with van der Waals surface area (Å²) in [4.78, 5) is 16.5. The molecule has 0 aliphatic heterocycles. The van der Waals surface area contributed by atoms with Crippen molar-refractivity contribution >= 4 is 28.2 Å². The third-order valence-corrected chi connectivity index (χ3v) is 3.81. The molecule has 0 fully saturated rings. The molecule has 1 aromatic heterocycles. The fraction of sp³-hybridized carbons (Fsp3) is 0.636. The maximum Gasteiger partial charge on any atom is 0.265 e. The van der Waals surface area contributed by atoms with Gasteiger partial charge in [0, 0.05) is 13.1 Å². The molecule has 0 radical (unpaired) electrons. The predicted octanol–water partition coefficient (Wildman–Crippen LogP) is 1.93. The number of nitrogens with zero attached hydrogens (tertiary/aromatic N) is 1. The summed E-state index contributed by atoms with van der Waals surface area (Å²) in [5.41, 5.74) is 5.72. The van der Waals surface area contributed by atoms with E-state index in [1.807, 2.05) is 6.92 Å². The van der Waals surface area contributed by atoms with Gasteiger partial charge in [-0.3, -0.25) is 4.79 Å². The van der Waals surface area contributed by atoms with Crippen molar-refractivity contribution in [2.24, 2.45) is 5.41 Å². The van der Waals surface area contributed by atoms with Gasteiger partial charge in [-0.1, -0.05) is 32.1 Å². The van der Waals surface area contributed by atoms with Gasteiger partial charge in [0.1, 0.15) is 10.7 Å². The molecule has 0 bridgehead atoms. The van der Waals surface area contributed by atoms with Crippen molar-refractivity contribution in [2.75, 3.05) is 18.1 Å². The van der Waals surface area contributed by atoms with Gasteiger partial charge in [0.05, 0.1) is 0 Å². The van der Waals surface area contributed by atoms with Crippen molar-refractivity contribution in [3.63, 3.8) is 0 Å². The molecular weight excluding hydrogens is 236 g/mol. The number of amides is 1. The number of nitrogen functional groups attached to an aromatic ring is 1. The van der Waals surface area contributed by atoms with Crippen LogP contribution in [0, 0.1) is 5.41 Å². The highest BCUT2D eigenvalue weighted by atomic mass is 32.1.